The summed E-state index contributed by atoms with van der Waals surface area (Å²) in [6.07, 6.45) is 0.842. The van der Waals surface area contributed by atoms with Crippen LogP contribution < -0.4 is 5.56 Å². The molecule has 6 heteroatoms. The lowest BCUT2D eigenvalue weighted by molar-refractivity contribution is -0.147. The minimum absolute atomic E-state index is 0.0448. The van der Waals surface area contributed by atoms with Crippen molar-refractivity contribution < 1.29 is 9.53 Å². The van der Waals surface area contributed by atoms with E-state index in [1.54, 1.807) is 24.3 Å². The van der Waals surface area contributed by atoms with Gasteiger partial charge in [-0.15, -0.1) is 0 Å². The van der Waals surface area contributed by atoms with E-state index in [2.05, 4.69) is 4.98 Å². The minimum Gasteiger partial charge on any atom is -0.457 e. The number of nitrogens with zero attached hydrogens (tertiary/aromatic N) is 3. The molecule has 1 aromatic carbocycles. The lowest BCUT2D eigenvalue weighted by atomic mass is 10.2. The lowest BCUT2D eigenvalue weighted by Crippen LogP contribution is -2.26. The van der Waals surface area contributed by atoms with Crippen LogP contribution in [0.1, 0.15) is 19.2 Å². The zero-order valence-corrected chi connectivity index (χ0v) is 12.2. The Kier molecular flexibility index (Phi) is 3.63. The summed E-state index contributed by atoms with van der Waals surface area (Å²) in [6.45, 7) is 1.78. The number of carbonyl (C=O) groups is 1. The molecule has 1 aliphatic carbocycles. The second kappa shape index (κ2) is 5.60. The molecule has 0 radical (unpaired) electrons. The van der Waals surface area contributed by atoms with Crippen LogP contribution in [-0.4, -0.2) is 15.5 Å². The second-order valence-electron chi connectivity index (χ2n) is 5.52. The van der Waals surface area contributed by atoms with E-state index in [0.717, 1.165) is 6.42 Å². The van der Waals surface area contributed by atoms with Crippen molar-refractivity contribution in [3.8, 4) is 6.07 Å². The Hall–Kier alpha value is -2.68. The summed E-state index contributed by atoms with van der Waals surface area (Å²) in [5.41, 5.74) is 0.241. The number of aromatic nitrogens is 2. The molecule has 0 aliphatic heterocycles. The summed E-state index contributed by atoms with van der Waals surface area (Å²) in [4.78, 5) is 28.6. The number of para-hydroxylation sites is 1. The number of nitriles is 1. The number of fused-ring (bicyclic) bond motifs is 1. The van der Waals surface area contributed by atoms with Gasteiger partial charge in [-0.3, -0.25) is 14.2 Å². The number of ether oxygens (including phenoxy) is 1. The van der Waals surface area contributed by atoms with Gasteiger partial charge in [0.2, 0.25) is 0 Å². The first-order valence-corrected chi connectivity index (χ1v) is 7.14. The third-order valence-corrected chi connectivity index (χ3v) is 3.93. The van der Waals surface area contributed by atoms with E-state index in [0.29, 0.717) is 22.6 Å². The molecule has 112 valence electrons. The highest BCUT2D eigenvalue weighted by Crippen LogP contribution is 2.38. The van der Waals surface area contributed by atoms with Gasteiger partial charge in [-0.25, -0.2) is 4.98 Å². The predicted molar refractivity (Wildman–Crippen MR) is 78.7 cm³/mol. The summed E-state index contributed by atoms with van der Waals surface area (Å²) in [7, 11) is 0. The lowest BCUT2D eigenvalue weighted by Gasteiger charge is -2.11. The summed E-state index contributed by atoms with van der Waals surface area (Å²) < 4.78 is 6.50. The molecule has 1 heterocycles. The quantitative estimate of drug-likeness (QED) is 0.800. The predicted octanol–water partition coefficient (Wildman–Crippen LogP) is 1.62. The zero-order valence-electron chi connectivity index (χ0n) is 12.2. The summed E-state index contributed by atoms with van der Waals surface area (Å²) in [6, 6.07) is 8.86. The average Bonchev–Trinajstić information content (AvgIpc) is 3.25. The number of carbonyl (C=O) groups excluding carboxylic acids is 1. The van der Waals surface area contributed by atoms with E-state index in [1.165, 1.54) is 4.57 Å². The fourth-order valence-electron chi connectivity index (χ4n) is 2.45. The Bertz CT molecular complexity index is 835. The van der Waals surface area contributed by atoms with Crippen LogP contribution in [-0.2, 0) is 22.7 Å². The van der Waals surface area contributed by atoms with Gasteiger partial charge in [0.1, 0.15) is 13.2 Å². The molecule has 0 bridgehead atoms. The van der Waals surface area contributed by atoms with Gasteiger partial charge < -0.3 is 4.74 Å². The van der Waals surface area contributed by atoms with E-state index in [1.807, 2.05) is 13.0 Å². The molecule has 0 spiro atoms. The monoisotopic (exact) mass is 297 g/mol. The van der Waals surface area contributed by atoms with E-state index in [-0.39, 0.29) is 30.6 Å². The molecule has 1 fully saturated rings. The van der Waals surface area contributed by atoms with Crippen LogP contribution in [0.3, 0.4) is 0 Å². The molecule has 2 aromatic rings. The maximum absolute atomic E-state index is 12.4. The van der Waals surface area contributed by atoms with Crippen LogP contribution in [0.4, 0.5) is 0 Å². The third-order valence-electron chi connectivity index (χ3n) is 3.93. The van der Waals surface area contributed by atoms with Gasteiger partial charge in [0.05, 0.1) is 22.9 Å². The van der Waals surface area contributed by atoms with Gasteiger partial charge >= 0.3 is 5.97 Å². The van der Waals surface area contributed by atoms with E-state index < -0.39 is 0 Å². The van der Waals surface area contributed by atoms with Gasteiger partial charge in [0.25, 0.3) is 5.56 Å². The summed E-state index contributed by atoms with van der Waals surface area (Å²) >= 11 is 0. The maximum atomic E-state index is 12.4. The van der Waals surface area contributed by atoms with Gasteiger partial charge in [-0.2, -0.15) is 5.26 Å². The summed E-state index contributed by atoms with van der Waals surface area (Å²) in [5.74, 6) is 0.347. The van der Waals surface area contributed by atoms with E-state index in [4.69, 9.17) is 10.00 Å². The van der Waals surface area contributed by atoms with Crippen molar-refractivity contribution >= 4 is 16.9 Å². The zero-order chi connectivity index (χ0) is 15.7. The Labute approximate surface area is 127 Å². The van der Waals surface area contributed by atoms with E-state index in [9.17, 15) is 9.59 Å². The minimum atomic E-state index is -0.294. The Balaban J connectivity index is 1.93. The van der Waals surface area contributed by atoms with Crippen molar-refractivity contribution in [3.63, 3.8) is 0 Å². The molecule has 1 saturated carbocycles. The van der Waals surface area contributed by atoms with Gasteiger partial charge in [-0.1, -0.05) is 19.1 Å². The van der Waals surface area contributed by atoms with Gasteiger partial charge in [0, 0.05) is 0 Å². The first-order valence-electron chi connectivity index (χ1n) is 7.14. The van der Waals surface area contributed by atoms with Crippen molar-refractivity contribution in [3.05, 3.63) is 40.4 Å². The van der Waals surface area contributed by atoms with Crippen LogP contribution >= 0.6 is 0 Å². The number of hydrogen-bond acceptors (Lipinski definition) is 5. The number of rotatable bonds is 4. The van der Waals surface area contributed by atoms with Crippen LogP contribution in [0.5, 0.6) is 0 Å². The Morgan fingerprint density at radius 3 is 2.91 bits per heavy atom. The van der Waals surface area contributed by atoms with Crippen molar-refractivity contribution in [1.29, 1.82) is 5.26 Å². The molecular formula is C16H15N3O3. The van der Waals surface area contributed by atoms with Crippen molar-refractivity contribution in [2.75, 3.05) is 0 Å². The highest BCUT2D eigenvalue weighted by Gasteiger charge is 2.40. The smallest absolute Gasteiger partial charge is 0.309 e. The van der Waals surface area contributed by atoms with Crippen molar-refractivity contribution in [2.24, 2.45) is 11.8 Å². The first-order chi connectivity index (χ1) is 10.6. The van der Waals surface area contributed by atoms with Gasteiger partial charge in [0.15, 0.2) is 5.82 Å². The normalized spacial score (nSPS) is 19.6. The van der Waals surface area contributed by atoms with Crippen LogP contribution in [0.15, 0.2) is 29.1 Å². The first kappa shape index (κ1) is 14.3. The van der Waals surface area contributed by atoms with Crippen LogP contribution in [0, 0.1) is 23.2 Å². The van der Waals surface area contributed by atoms with Crippen molar-refractivity contribution in [1.82, 2.24) is 9.55 Å². The largest absolute Gasteiger partial charge is 0.457 e. The molecule has 3 rings (SSSR count). The number of hydrogen-bond donors (Lipinski definition) is 0. The highest BCUT2D eigenvalue weighted by molar-refractivity contribution is 5.77. The SMILES string of the molecule is C[C@@H]1C[C@@H]1C(=O)OCc1nc2ccccc2c(=O)n1CC#N. The average molecular weight is 297 g/mol. The molecule has 1 aliphatic rings. The van der Waals surface area contributed by atoms with Crippen LogP contribution in [0.2, 0.25) is 0 Å². The molecule has 0 N–H and O–H groups in total. The molecule has 1 aromatic heterocycles. The third kappa shape index (κ3) is 2.58. The molecule has 0 saturated heterocycles. The van der Waals surface area contributed by atoms with Gasteiger partial charge in [-0.05, 0) is 24.5 Å². The molecule has 2 atom stereocenters. The molecule has 0 unspecified atom stereocenters. The van der Waals surface area contributed by atoms with Crippen LogP contribution in [0.25, 0.3) is 10.9 Å². The Morgan fingerprint density at radius 1 is 1.50 bits per heavy atom. The molecule has 6 nitrogen and oxygen atoms in total. The molecular weight excluding hydrogens is 282 g/mol. The fraction of sp³-hybridized carbons (Fsp3) is 0.375. The van der Waals surface area contributed by atoms with Crippen molar-refractivity contribution in [2.45, 2.75) is 26.5 Å². The maximum Gasteiger partial charge on any atom is 0.309 e. The number of benzene rings is 1. The standard InChI is InChI=1S/C16H15N3O3/c1-10-8-12(10)16(21)22-9-14-18-13-5-3-2-4-11(13)15(20)19(14)7-6-17/h2-5,10,12H,7-9H2,1H3/t10-,12+/m1/s1. The molecule has 22 heavy (non-hydrogen) atoms. The second-order valence-corrected chi connectivity index (χ2v) is 5.52. The topological polar surface area (TPSA) is 85.0 Å². The van der Waals surface area contributed by atoms with E-state index >= 15 is 0 Å². The summed E-state index contributed by atoms with van der Waals surface area (Å²) in [5, 5.41) is 9.35. The Morgan fingerprint density at radius 2 is 2.23 bits per heavy atom. The fourth-order valence-corrected chi connectivity index (χ4v) is 2.45. The highest BCUT2D eigenvalue weighted by atomic mass is 16.5. The number of esters is 1. The molecule has 0 amide bonds.